The molecule has 0 unspecified atom stereocenters. The Morgan fingerprint density at radius 3 is 2.87 bits per heavy atom. The molecule has 0 saturated heterocycles. The molecule has 0 amide bonds. The zero-order chi connectivity index (χ0) is 10.7. The molecule has 0 bridgehead atoms. The van der Waals surface area contributed by atoms with E-state index in [0.29, 0.717) is 0 Å². The molecule has 1 saturated carbocycles. The largest absolute Gasteiger partial charge is 0.295 e. The van der Waals surface area contributed by atoms with Crippen LogP contribution in [0.4, 0.5) is 0 Å². The van der Waals surface area contributed by atoms with Crippen LogP contribution in [0.15, 0.2) is 18.2 Å². The second-order valence-electron chi connectivity index (χ2n) is 4.47. The number of rotatable bonds is 3. The minimum atomic E-state index is 0.167. The van der Waals surface area contributed by atoms with Crippen LogP contribution in [0, 0.1) is 12.0 Å². The smallest absolute Gasteiger partial charge is 0.160 e. The monoisotopic (exact) mass is 201 g/mol. The Morgan fingerprint density at radius 2 is 2.20 bits per heavy atom. The van der Waals surface area contributed by atoms with Gasteiger partial charge in [0, 0.05) is 5.56 Å². The summed E-state index contributed by atoms with van der Waals surface area (Å²) in [6.45, 7) is 1.64. The van der Waals surface area contributed by atoms with Crippen molar-refractivity contribution in [1.29, 1.82) is 0 Å². The van der Waals surface area contributed by atoms with Gasteiger partial charge in [-0.1, -0.05) is 43.9 Å². The van der Waals surface area contributed by atoms with E-state index in [0.717, 1.165) is 23.5 Å². The van der Waals surface area contributed by atoms with Gasteiger partial charge in [0.15, 0.2) is 5.78 Å². The fourth-order valence-corrected chi connectivity index (χ4v) is 2.47. The highest BCUT2D eigenvalue weighted by atomic mass is 16.1. The second kappa shape index (κ2) is 4.61. The molecule has 1 aliphatic rings. The molecule has 1 aromatic carbocycles. The zero-order valence-corrected chi connectivity index (χ0v) is 9.25. The number of carbonyl (C=O) groups is 1. The Bertz CT molecular complexity index is 348. The summed E-state index contributed by atoms with van der Waals surface area (Å²) < 4.78 is 0. The molecular formula is C14H17O. The van der Waals surface area contributed by atoms with Gasteiger partial charge in [0.25, 0.3) is 0 Å². The molecule has 1 fully saturated rings. The number of ketones is 1. The minimum Gasteiger partial charge on any atom is -0.295 e. The van der Waals surface area contributed by atoms with Gasteiger partial charge in [-0.3, -0.25) is 4.79 Å². The zero-order valence-electron chi connectivity index (χ0n) is 9.25. The molecule has 0 aliphatic heterocycles. The highest BCUT2D eigenvalue weighted by molar-refractivity contribution is 5.95. The Kier molecular flexibility index (Phi) is 3.20. The van der Waals surface area contributed by atoms with E-state index >= 15 is 0 Å². The molecule has 1 heteroatoms. The Morgan fingerprint density at radius 1 is 1.47 bits per heavy atom. The normalized spacial score (nSPS) is 16.9. The molecule has 1 aromatic rings. The Labute approximate surface area is 91.5 Å². The van der Waals surface area contributed by atoms with Gasteiger partial charge in [0.2, 0.25) is 0 Å². The molecule has 0 N–H and O–H groups in total. The van der Waals surface area contributed by atoms with Gasteiger partial charge in [-0.15, -0.1) is 0 Å². The van der Waals surface area contributed by atoms with Crippen molar-refractivity contribution in [2.45, 2.75) is 39.0 Å². The molecule has 1 nitrogen and oxygen atoms in total. The van der Waals surface area contributed by atoms with Crippen LogP contribution in [-0.4, -0.2) is 5.78 Å². The number of Topliss-reactive ketones (excluding diaryl/α,β-unsaturated/α-hetero) is 1. The van der Waals surface area contributed by atoms with E-state index in [1.54, 1.807) is 6.92 Å². The molecule has 1 radical (unpaired) electrons. The van der Waals surface area contributed by atoms with Crippen molar-refractivity contribution >= 4 is 5.78 Å². The summed E-state index contributed by atoms with van der Waals surface area (Å²) in [6, 6.07) is 8.96. The molecule has 0 atom stereocenters. The van der Waals surface area contributed by atoms with Gasteiger partial charge in [0.1, 0.15) is 0 Å². The van der Waals surface area contributed by atoms with Gasteiger partial charge in [0.05, 0.1) is 0 Å². The minimum absolute atomic E-state index is 0.167. The first-order chi connectivity index (χ1) is 7.27. The molecule has 79 valence electrons. The fraction of sp³-hybridized carbons (Fsp3) is 0.500. The topological polar surface area (TPSA) is 17.1 Å². The number of benzene rings is 1. The third-order valence-corrected chi connectivity index (χ3v) is 3.29. The molecule has 0 aromatic heterocycles. The Balaban J connectivity index is 2.15. The van der Waals surface area contributed by atoms with Crippen LogP contribution in [0.25, 0.3) is 0 Å². The highest BCUT2D eigenvalue weighted by Crippen LogP contribution is 2.28. The van der Waals surface area contributed by atoms with E-state index in [9.17, 15) is 4.79 Å². The summed E-state index contributed by atoms with van der Waals surface area (Å²) in [6.07, 6.45) is 6.38. The van der Waals surface area contributed by atoms with E-state index in [1.807, 2.05) is 18.2 Å². The SMILES string of the molecule is CC(=O)c1ccc[c]c1CC1CCCC1. The van der Waals surface area contributed by atoms with Gasteiger partial charge < -0.3 is 0 Å². The molecule has 15 heavy (non-hydrogen) atoms. The molecule has 2 rings (SSSR count). The number of hydrogen-bond donors (Lipinski definition) is 0. The highest BCUT2D eigenvalue weighted by Gasteiger charge is 2.17. The molecule has 0 heterocycles. The summed E-state index contributed by atoms with van der Waals surface area (Å²) in [5.41, 5.74) is 1.99. The first-order valence-corrected chi connectivity index (χ1v) is 5.78. The lowest BCUT2D eigenvalue weighted by Gasteiger charge is -2.11. The van der Waals surface area contributed by atoms with Crippen molar-refractivity contribution in [3.05, 3.63) is 35.4 Å². The van der Waals surface area contributed by atoms with Crippen LogP contribution < -0.4 is 0 Å². The average Bonchev–Trinajstić information content (AvgIpc) is 2.71. The fourth-order valence-electron chi connectivity index (χ4n) is 2.47. The van der Waals surface area contributed by atoms with Crippen LogP contribution in [0.3, 0.4) is 0 Å². The van der Waals surface area contributed by atoms with Crippen molar-refractivity contribution in [3.8, 4) is 0 Å². The van der Waals surface area contributed by atoms with Crippen molar-refractivity contribution in [3.63, 3.8) is 0 Å². The first kappa shape index (κ1) is 10.4. The number of carbonyl (C=O) groups excluding carboxylic acids is 1. The third-order valence-electron chi connectivity index (χ3n) is 3.29. The molecule has 0 spiro atoms. The van der Waals surface area contributed by atoms with Crippen LogP contribution in [0.5, 0.6) is 0 Å². The van der Waals surface area contributed by atoms with E-state index in [2.05, 4.69) is 6.07 Å². The standard InChI is InChI=1S/C14H17O/c1-11(15)14-9-5-4-8-13(14)10-12-6-2-3-7-12/h4-5,9,12H,2-3,6-7,10H2,1H3. The van der Waals surface area contributed by atoms with Crippen molar-refractivity contribution in [1.82, 2.24) is 0 Å². The molecular weight excluding hydrogens is 184 g/mol. The maximum atomic E-state index is 11.4. The molecule has 1 aliphatic carbocycles. The average molecular weight is 201 g/mol. The van der Waals surface area contributed by atoms with Crippen LogP contribution in [0.2, 0.25) is 0 Å². The predicted molar refractivity (Wildman–Crippen MR) is 60.9 cm³/mol. The maximum Gasteiger partial charge on any atom is 0.160 e. The summed E-state index contributed by atoms with van der Waals surface area (Å²) in [5, 5.41) is 0. The summed E-state index contributed by atoms with van der Waals surface area (Å²) in [5.74, 6) is 0.946. The van der Waals surface area contributed by atoms with Crippen LogP contribution >= 0.6 is 0 Å². The summed E-state index contributed by atoms with van der Waals surface area (Å²) in [7, 11) is 0. The quantitative estimate of drug-likeness (QED) is 0.685. The van der Waals surface area contributed by atoms with Gasteiger partial charge in [-0.25, -0.2) is 0 Å². The summed E-state index contributed by atoms with van der Waals surface area (Å²) in [4.78, 5) is 11.4. The van der Waals surface area contributed by atoms with E-state index in [4.69, 9.17) is 0 Å². The maximum absolute atomic E-state index is 11.4. The summed E-state index contributed by atoms with van der Waals surface area (Å²) >= 11 is 0. The van der Waals surface area contributed by atoms with Crippen molar-refractivity contribution in [2.75, 3.05) is 0 Å². The lowest BCUT2D eigenvalue weighted by Crippen LogP contribution is -2.05. The van der Waals surface area contributed by atoms with Gasteiger partial charge in [-0.05, 0) is 30.9 Å². The number of hydrogen-bond acceptors (Lipinski definition) is 1. The van der Waals surface area contributed by atoms with Crippen LogP contribution in [-0.2, 0) is 6.42 Å². The van der Waals surface area contributed by atoms with E-state index < -0.39 is 0 Å². The van der Waals surface area contributed by atoms with E-state index in [-0.39, 0.29) is 5.78 Å². The first-order valence-electron chi connectivity index (χ1n) is 5.78. The van der Waals surface area contributed by atoms with E-state index in [1.165, 1.54) is 25.7 Å². The van der Waals surface area contributed by atoms with Crippen molar-refractivity contribution in [2.24, 2.45) is 5.92 Å². The lowest BCUT2D eigenvalue weighted by molar-refractivity contribution is 0.101. The second-order valence-corrected chi connectivity index (χ2v) is 4.47. The van der Waals surface area contributed by atoms with Gasteiger partial charge in [-0.2, -0.15) is 0 Å². The van der Waals surface area contributed by atoms with Crippen LogP contribution in [0.1, 0.15) is 48.5 Å². The Hall–Kier alpha value is -1.11. The third kappa shape index (κ3) is 2.47. The predicted octanol–water partition coefficient (Wildman–Crippen LogP) is 3.42. The van der Waals surface area contributed by atoms with Gasteiger partial charge >= 0.3 is 0 Å². The van der Waals surface area contributed by atoms with Crippen molar-refractivity contribution < 1.29 is 4.79 Å². The lowest BCUT2D eigenvalue weighted by atomic mass is 9.93.